The molecule has 0 aromatic heterocycles. The third kappa shape index (κ3) is 2.93. The average molecular weight is 304 g/mol. The molecule has 0 spiro atoms. The first kappa shape index (κ1) is 15.5. The van der Waals surface area contributed by atoms with Gasteiger partial charge in [-0.15, -0.1) is 0 Å². The standard InChI is InChI=1S/C16H20N2O2S/c1-5-18-10(2)14(11(3)19)15(17-16(18)21)12-7-6-8-13(9-12)20-4/h6-9,15H,5H2,1-4H3,(H,17,21). The molecule has 2 rings (SSSR count). The molecule has 0 amide bonds. The van der Waals surface area contributed by atoms with Crippen molar-refractivity contribution in [1.29, 1.82) is 0 Å². The molecule has 5 heteroatoms. The van der Waals surface area contributed by atoms with Gasteiger partial charge in [0.05, 0.1) is 13.2 Å². The highest BCUT2D eigenvalue weighted by Gasteiger charge is 2.31. The van der Waals surface area contributed by atoms with Crippen LogP contribution in [0.3, 0.4) is 0 Å². The third-order valence-corrected chi connectivity index (χ3v) is 4.06. The third-order valence-electron chi connectivity index (χ3n) is 3.72. The first-order valence-corrected chi connectivity index (χ1v) is 7.34. The molecule has 112 valence electrons. The Morgan fingerprint density at radius 2 is 2.19 bits per heavy atom. The predicted octanol–water partition coefficient (Wildman–Crippen LogP) is 2.81. The van der Waals surface area contributed by atoms with Gasteiger partial charge < -0.3 is 15.0 Å². The lowest BCUT2D eigenvalue weighted by Crippen LogP contribution is -2.47. The van der Waals surface area contributed by atoms with E-state index >= 15 is 0 Å². The Morgan fingerprint density at radius 3 is 2.76 bits per heavy atom. The Bertz CT molecular complexity index is 610. The van der Waals surface area contributed by atoms with E-state index < -0.39 is 0 Å². The molecule has 0 saturated heterocycles. The zero-order valence-electron chi connectivity index (χ0n) is 12.8. The van der Waals surface area contributed by atoms with Crippen molar-refractivity contribution in [2.45, 2.75) is 26.8 Å². The van der Waals surface area contributed by atoms with Crippen molar-refractivity contribution in [3.8, 4) is 5.75 Å². The van der Waals surface area contributed by atoms with Gasteiger partial charge in [0.1, 0.15) is 5.75 Å². The van der Waals surface area contributed by atoms with E-state index in [-0.39, 0.29) is 11.8 Å². The van der Waals surface area contributed by atoms with Crippen molar-refractivity contribution in [2.75, 3.05) is 13.7 Å². The second kappa shape index (κ2) is 6.26. The van der Waals surface area contributed by atoms with Crippen LogP contribution in [0, 0.1) is 0 Å². The number of nitrogens with one attached hydrogen (secondary N) is 1. The molecule has 4 nitrogen and oxygen atoms in total. The molecule has 1 N–H and O–H groups in total. The zero-order valence-corrected chi connectivity index (χ0v) is 13.6. The highest BCUT2D eigenvalue weighted by molar-refractivity contribution is 7.80. The molecule has 0 saturated carbocycles. The van der Waals surface area contributed by atoms with Crippen molar-refractivity contribution in [3.05, 3.63) is 41.1 Å². The van der Waals surface area contributed by atoms with Gasteiger partial charge in [-0.25, -0.2) is 0 Å². The normalized spacial score (nSPS) is 18.6. The van der Waals surface area contributed by atoms with Gasteiger partial charge >= 0.3 is 0 Å². The Morgan fingerprint density at radius 1 is 1.48 bits per heavy atom. The Kier molecular flexibility index (Phi) is 4.63. The van der Waals surface area contributed by atoms with Crippen molar-refractivity contribution in [3.63, 3.8) is 0 Å². The predicted molar refractivity (Wildman–Crippen MR) is 87.2 cm³/mol. The van der Waals surface area contributed by atoms with Crippen LogP contribution in [0.1, 0.15) is 32.4 Å². The molecule has 1 aromatic rings. The van der Waals surface area contributed by atoms with E-state index in [1.54, 1.807) is 14.0 Å². The molecular formula is C16H20N2O2S. The van der Waals surface area contributed by atoms with Gasteiger partial charge in [0, 0.05) is 17.8 Å². The molecule has 1 aliphatic heterocycles. The number of Topliss-reactive ketones (excluding diaryl/α,β-unsaturated/α-hetero) is 1. The summed E-state index contributed by atoms with van der Waals surface area (Å²) < 4.78 is 5.27. The number of benzene rings is 1. The topological polar surface area (TPSA) is 41.6 Å². The minimum Gasteiger partial charge on any atom is -0.497 e. The molecule has 21 heavy (non-hydrogen) atoms. The number of hydrogen-bond donors (Lipinski definition) is 1. The number of nitrogens with zero attached hydrogens (tertiary/aromatic N) is 1. The van der Waals surface area contributed by atoms with E-state index in [0.29, 0.717) is 5.11 Å². The van der Waals surface area contributed by atoms with Gasteiger partial charge in [0.25, 0.3) is 0 Å². The Labute approximate surface area is 130 Å². The van der Waals surface area contributed by atoms with Crippen molar-refractivity contribution in [1.82, 2.24) is 10.2 Å². The number of allylic oxidation sites excluding steroid dienone is 1. The van der Waals surface area contributed by atoms with Gasteiger partial charge in [-0.1, -0.05) is 12.1 Å². The summed E-state index contributed by atoms with van der Waals surface area (Å²) in [5, 5.41) is 3.92. The van der Waals surface area contributed by atoms with Crippen LogP contribution in [0.4, 0.5) is 0 Å². The van der Waals surface area contributed by atoms with Crippen molar-refractivity contribution >= 4 is 23.1 Å². The van der Waals surface area contributed by atoms with Crippen LogP contribution < -0.4 is 10.1 Å². The van der Waals surface area contributed by atoms with Gasteiger partial charge in [-0.05, 0) is 50.7 Å². The lowest BCUT2D eigenvalue weighted by Gasteiger charge is -2.37. The molecule has 1 heterocycles. The maximum atomic E-state index is 12.1. The number of carbonyl (C=O) groups is 1. The average Bonchev–Trinajstić information content (AvgIpc) is 2.46. The summed E-state index contributed by atoms with van der Waals surface area (Å²) in [4.78, 5) is 14.1. The molecule has 1 aliphatic rings. The lowest BCUT2D eigenvalue weighted by molar-refractivity contribution is -0.114. The number of rotatable bonds is 4. The second-order valence-corrected chi connectivity index (χ2v) is 5.35. The monoisotopic (exact) mass is 304 g/mol. The van der Waals surface area contributed by atoms with Gasteiger partial charge in [0.15, 0.2) is 10.9 Å². The number of methoxy groups -OCH3 is 1. The van der Waals surface area contributed by atoms with E-state index in [0.717, 1.165) is 29.1 Å². The largest absolute Gasteiger partial charge is 0.497 e. The molecule has 1 aromatic carbocycles. The summed E-state index contributed by atoms with van der Waals surface area (Å²) in [6, 6.07) is 7.47. The van der Waals surface area contributed by atoms with Crippen LogP contribution in [0.5, 0.6) is 5.75 Å². The molecular weight excluding hydrogens is 284 g/mol. The Hall–Kier alpha value is -1.88. The SMILES string of the molecule is CCN1C(=S)NC(c2cccc(OC)c2)C(C(C)=O)=C1C. The van der Waals surface area contributed by atoms with E-state index in [2.05, 4.69) is 5.32 Å². The minimum absolute atomic E-state index is 0.0498. The summed E-state index contributed by atoms with van der Waals surface area (Å²) >= 11 is 5.42. The van der Waals surface area contributed by atoms with Gasteiger partial charge in [-0.3, -0.25) is 4.79 Å². The molecule has 1 unspecified atom stereocenters. The van der Waals surface area contributed by atoms with Crippen LogP contribution in [-0.4, -0.2) is 29.5 Å². The quantitative estimate of drug-likeness (QED) is 0.866. The molecule has 1 atom stereocenters. The first-order valence-electron chi connectivity index (χ1n) is 6.93. The summed E-state index contributed by atoms with van der Waals surface area (Å²) in [5.41, 5.74) is 2.64. The van der Waals surface area contributed by atoms with E-state index in [9.17, 15) is 4.79 Å². The number of ether oxygens (including phenoxy) is 1. The number of ketones is 1. The molecule has 0 radical (unpaired) electrons. The fourth-order valence-electron chi connectivity index (χ4n) is 2.69. The maximum absolute atomic E-state index is 12.1. The fraction of sp³-hybridized carbons (Fsp3) is 0.375. The van der Waals surface area contributed by atoms with Gasteiger partial charge in [-0.2, -0.15) is 0 Å². The zero-order chi connectivity index (χ0) is 15.6. The molecule has 0 bridgehead atoms. The smallest absolute Gasteiger partial charge is 0.173 e. The Balaban J connectivity index is 2.53. The first-order chi connectivity index (χ1) is 9.99. The van der Waals surface area contributed by atoms with Crippen LogP contribution in [0.25, 0.3) is 0 Å². The highest BCUT2D eigenvalue weighted by atomic mass is 32.1. The fourth-order valence-corrected chi connectivity index (χ4v) is 3.07. The lowest BCUT2D eigenvalue weighted by atomic mass is 9.92. The summed E-state index contributed by atoms with van der Waals surface area (Å²) in [5.74, 6) is 0.812. The van der Waals surface area contributed by atoms with Crippen LogP contribution >= 0.6 is 12.2 Å². The number of thiocarbonyl (C=S) groups is 1. The second-order valence-electron chi connectivity index (χ2n) is 4.96. The highest BCUT2D eigenvalue weighted by Crippen LogP contribution is 2.32. The molecule has 0 aliphatic carbocycles. The van der Waals surface area contributed by atoms with E-state index in [1.165, 1.54) is 0 Å². The van der Waals surface area contributed by atoms with Crippen LogP contribution in [-0.2, 0) is 4.79 Å². The van der Waals surface area contributed by atoms with Crippen molar-refractivity contribution in [2.24, 2.45) is 0 Å². The number of carbonyl (C=O) groups excluding carboxylic acids is 1. The summed E-state index contributed by atoms with van der Waals surface area (Å²) in [6.45, 7) is 6.29. The van der Waals surface area contributed by atoms with Crippen LogP contribution in [0.2, 0.25) is 0 Å². The number of hydrogen-bond acceptors (Lipinski definition) is 3. The maximum Gasteiger partial charge on any atom is 0.173 e. The van der Waals surface area contributed by atoms with E-state index in [4.69, 9.17) is 17.0 Å². The summed E-state index contributed by atoms with van der Waals surface area (Å²) in [6.07, 6.45) is 0. The minimum atomic E-state index is -0.229. The van der Waals surface area contributed by atoms with Gasteiger partial charge in [0.2, 0.25) is 0 Å². The molecule has 0 fully saturated rings. The van der Waals surface area contributed by atoms with E-state index in [1.807, 2.05) is 43.0 Å². The van der Waals surface area contributed by atoms with Crippen LogP contribution in [0.15, 0.2) is 35.5 Å². The van der Waals surface area contributed by atoms with Crippen molar-refractivity contribution < 1.29 is 9.53 Å². The summed E-state index contributed by atoms with van der Waals surface area (Å²) in [7, 11) is 1.63.